The van der Waals surface area contributed by atoms with E-state index in [1.54, 1.807) is 0 Å². The van der Waals surface area contributed by atoms with E-state index in [4.69, 9.17) is 24.3 Å². The van der Waals surface area contributed by atoms with Crippen molar-refractivity contribution in [1.82, 2.24) is 0 Å². The van der Waals surface area contributed by atoms with Gasteiger partial charge in [-0.15, -0.1) is 0 Å². The number of ether oxygens (including phenoxy) is 2. The zero-order chi connectivity index (χ0) is 57.3. The van der Waals surface area contributed by atoms with Gasteiger partial charge in [0.1, 0.15) is 6.61 Å². The second-order valence-corrected chi connectivity index (χ2v) is 22.0. The average molecular weight is 1120 g/mol. The van der Waals surface area contributed by atoms with Gasteiger partial charge in [-0.1, -0.05) is 263 Å². The van der Waals surface area contributed by atoms with Crippen molar-refractivity contribution in [1.29, 1.82) is 0 Å². The van der Waals surface area contributed by atoms with Gasteiger partial charge in [-0.3, -0.25) is 18.6 Å². The first-order chi connectivity index (χ1) is 38.8. The van der Waals surface area contributed by atoms with Crippen molar-refractivity contribution in [3.63, 3.8) is 0 Å². The van der Waals surface area contributed by atoms with Crippen LogP contribution in [0.1, 0.15) is 258 Å². The largest absolute Gasteiger partial charge is 0.472 e. The van der Waals surface area contributed by atoms with Gasteiger partial charge < -0.3 is 20.1 Å². The molecule has 0 aliphatic carbocycles. The zero-order valence-electron chi connectivity index (χ0n) is 50.3. The van der Waals surface area contributed by atoms with Crippen molar-refractivity contribution in [2.75, 3.05) is 26.4 Å². The number of phosphoric ester groups is 1. The topological polar surface area (TPSA) is 134 Å². The van der Waals surface area contributed by atoms with Crippen LogP contribution in [0.15, 0.2) is 134 Å². The molecule has 2 atom stereocenters. The molecule has 10 heteroatoms. The van der Waals surface area contributed by atoms with Gasteiger partial charge in [0.25, 0.3) is 0 Å². The van der Waals surface area contributed by atoms with E-state index in [0.29, 0.717) is 6.42 Å². The second kappa shape index (κ2) is 63.3. The fraction of sp³-hybridized carbons (Fsp3) is 0.652. The molecule has 0 heterocycles. The molecule has 3 N–H and O–H groups in total. The average Bonchev–Trinajstić information content (AvgIpc) is 3.44. The van der Waals surface area contributed by atoms with Crippen LogP contribution in [0.4, 0.5) is 0 Å². The molecule has 0 aliphatic heterocycles. The molecule has 79 heavy (non-hydrogen) atoms. The molecule has 0 aromatic carbocycles. The molecule has 0 amide bonds. The highest BCUT2D eigenvalue weighted by Gasteiger charge is 2.26. The number of unbranched alkanes of at least 4 members (excludes halogenated alkanes) is 23. The Hall–Kier alpha value is -3.85. The lowest BCUT2D eigenvalue weighted by Gasteiger charge is -2.19. The highest BCUT2D eigenvalue weighted by Crippen LogP contribution is 2.43. The van der Waals surface area contributed by atoms with Crippen LogP contribution in [0.3, 0.4) is 0 Å². The number of nitrogens with two attached hydrogens (primary N) is 1. The quantitative estimate of drug-likeness (QED) is 0.0264. The van der Waals surface area contributed by atoms with Crippen LogP contribution in [-0.2, 0) is 32.7 Å². The third kappa shape index (κ3) is 63.2. The number of rotatable bonds is 58. The molecule has 0 bridgehead atoms. The Bertz CT molecular complexity index is 1750. The van der Waals surface area contributed by atoms with Crippen LogP contribution in [0.2, 0.25) is 0 Å². The van der Waals surface area contributed by atoms with E-state index >= 15 is 0 Å². The smallest absolute Gasteiger partial charge is 0.462 e. The Morgan fingerprint density at radius 3 is 1.04 bits per heavy atom. The summed E-state index contributed by atoms with van der Waals surface area (Å²) in [6.45, 7) is 3.61. The molecular weight excluding hydrogens is 1000 g/mol. The number of esters is 2. The summed E-state index contributed by atoms with van der Waals surface area (Å²) in [5.74, 6) is -0.843. The van der Waals surface area contributed by atoms with Crippen molar-refractivity contribution in [3.05, 3.63) is 134 Å². The molecule has 0 rings (SSSR count). The van der Waals surface area contributed by atoms with Crippen LogP contribution in [0.5, 0.6) is 0 Å². The van der Waals surface area contributed by atoms with E-state index in [1.165, 1.54) is 103 Å². The van der Waals surface area contributed by atoms with E-state index in [9.17, 15) is 19.0 Å². The highest BCUT2D eigenvalue weighted by molar-refractivity contribution is 7.47. The molecule has 0 saturated carbocycles. The standard InChI is InChI=1S/C69H116NO8P/c1-3-5-7-9-11-13-15-17-19-21-23-25-26-27-28-29-30-31-32-33-34-35-36-37-38-39-40-42-44-46-48-50-52-54-56-58-60-62-69(72)78-67(66-77-79(73,74)76-64-63-70)65-75-68(71)61-59-57-55-53-51-49-47-45-43-41-24-22-20-18-16-14-12-10-8-6-4-2/h5,7,11,13,16-19,22-25,27-28,30-31,33-34,36-37,39-40,67H,3-4,6,8-10,12,14-15,20-21,26,29,32,35,38,41-66,70H2,1-2H3,(H,73,74)/b7-5-,13-11-,18-16-,19-17-,24-22-,25-23-,28-27-,31-30-,34-33-,37-36-,40-39-. The maximum absolute atomic E-state index is 12.7. The van der Waals surface area contributed by atoms with E-state index in [2.05, 4.69) is 148 Å². The Balaban J connectivity index is 4.00. The van der Waals surface area contributed by atoms with Gasteiger partial charge in [0.2, 0.25) is 0 Å². The Morgan fingerprint density at radius 1 is 0.392 bits per heavy atom. The normalized spacial score (nSPS) is 13.9. The minimum absolute atomic E-state index is 0.0457. The molecule has 0 aromatic heterocycles. The first-order valence-electron chi connectivity index (χ1n) is 31.7. The summed E-state index contributed by atoms with van der Waals surface area (Å²) in [6.07, 6.45) is 89.4. The summed E-state index contributed by atoms with van der Waals surface area (Å²) < 4.78 is 33.1. The molecule has 0 aliphatic rings. The van der Waals surface area contributed by atoms with E-state index < -0.39 is 26.5 Å². The zero-order valence-corrected chi connectivity index (χ0v) is 51.2. The second-order valence-electron chi connectivity index (χ2n) is 20.5. The van der Waals surface area contributed by atoms with Crippen LogP contribution in [-0.4, -0.2) is 49.3 Å². The van der Waals surface area contributed by atoms with E-state index in [-0.39, 0.29) is 38.6 Å². The first kappa shape index (κ1) is 75.2. The van der Waals surface area contributed by atoms with Gasteiger partial charge in [0, 0.05) is 19.4 Å². The summed E-state index contributed by atoms with van der Waals surface area (Å²) in [7, 11) is -4.40. The molecule has 0 fully saturated rings. The van der Waals surface area contributed by atoms with Gasteiger partial charge in [-0.2, -0.15) is 0 Å². The molecule has 0 aromatic rings. The predicted octanol–water partition coefficient (Wildman–Crippen LogP) is 20.5. The van der Waals surface area contributed by atoms with Crippen LogP contribution < -0.4 is 5.73 Å². The van der Waals surface area contributed by atoms with Crippen molar-refractivity contribution in [3.8, 4) is 0 Å². The number of carbonyl (C=O) groups excluding carboxylic acids is 2. The van der Waals surface area contributed by atoms with Crippen molar-refractivity contribution >= 4 is 19.8 Å². The number of hydrogen-bond donors (Lipinski definition) is 2. The fourth-order valence-corrected chi connectivity index (χ4v) is 9.13. The maximum Gasteiger partial charge on any atom is 0.472 e. The van der Waals surface area contributed by atoms with Gasteiger partial charge in [0.15, 0.2) is 6.10 Å². The third-order valence-electron chi connectivity index (χ3n) is 13.0. The monoisotopic (exact) mass is 1120 g/mol. The Labute approximate surface area is 484 Å². The van der Waals surface area contributed by atoms with Crippen LogP contribution >= 0.6 is 7.82 Å². The van der Waals surface area contributed by atoms with Crippen molar-refractivity contribution in [2.45, 2.75) is 264 Å². The molecule has 2 unspecified atom stereocenters. The van der Waals surface area contributed by atoms with Crippen molar-refractivity contribution < 1.29 is 37.6 Å². The predicted molar refractivity (Wildman–Crippen MR) is 339 cm³/mol. The number of phosphoric acid groups is 1. The third-order valence-corrected chi connectivity index (χ3v) is 14.0. The van der Waals surface area contributed by atoms with E-state index in [1.807, 2.05) is 0 Å². The summed E-state index contributed by atoms with van der Waals surface area (Å²) in [5.41, 5.74) is 5.39. The SMILES string of the molecule is CC/C=C\C/C=C\C/C=C\C/C=C\C/C=C\C/C=C\C/C=C\C/C=C\C/C=C\CCCCCCCCCCCC(=O)OC(COC(=O)CCCCCCCCCCC/C=C\C/C=C\CCCCCCC)COP(=O)(O)OCCN. The van der Waals surface area contributed by atoms with Crippen LogP contribution in [0.25, 0.3) is 0 Å². The number of hydrogen-bond acceptors (Lipinski definition) is 8. The highest BCUT2D eigenvalue weighted by atomic mass is 31.2. The lowest BCUT2D eigenvalue weighted by molar-refractivity contribution is -0.161. The molecule has 450 valence electrons. The number of allylic oxidation sites excluding steroid dienone is 22. The van der Waals surface area contributed by atoms with Gasteiger partial charge in [0.05, 0.1) is 13.2 Å². The summed E-state index contributed by atoms with van der Waals surface area (Å²) in [4.78, 5) is 35.3. The Morgan fingerprint density at radius 2 is 0.696 bits per heavy atom. The number of carbonyl (C=O) groups is 2. The lowest BCUT2D eigenvalue weighted by Crippen LogP contribution is -2.29. The summed E-state index contributed by atoms with van der Waals surface area (Å²) >= 11 is 0. The molecule has 0 spiro atoms. The van der Waals surface area contributed by atoms with Crippen molar-refractivity contribution in [2.24, 2.45) is 5.73 Å². The minimum Gasteiger partial charge on any atom is -0.462 e. The lowest BCUT2D eigenvalue weighted by atomic mass is 10.1. The van der Waals surface area contributed by atoms with E-state index in [0.717, 1.165) is 122 Å². The minimum atomic E-state index is -4.40. The summed E-state index contributed by atoms with van der Waals surface area (Å²) in [6, 6.07) is 0. The maximum atomic E-state index is 12.7. The van der Waals surface area contributed by atoms with Gasteiger partial charge in [-0.05, 0) is 116 Å². The molecule has 9 nitrogen and oxygen atoms in total. The fourth-order valence-electron chi connectivity index (χ4n) is 8.36. The Kier molecular flexibility index (Phi) is 60.2. The van der Waals surface area contributed by atoms with Gasteiger partial charge >= 0.3 is 19.8 Å². The molecule has 0 radical (unpaired) electrons. The summed E-state index contributed by atoms with van der Waals surface area (Å²) in [5, 5.41) is 0. The van der Waals surface area contributed by atoms with Gasteiger partial charge in [-0.25, -0.2) is 4.57 Å². The molecular formula is C69H116NO8P. The first-order valence-corrected chi connectivity index (χ1v) is 33.2. The molecule has 0 saturated heterocycles. The van der Waals surface area contributed by atoms with Crippen LogP contribution in [0, 0.1) is 0 Å².